The van der Waals surface area contributed by atoms with Crippen LogP contribution in [0, 0.1) is 0 Å². The van der Waals surface area contributed by atoms with E-state index in [0.29, 0.717) is 44.6 Å². The van der Waals surface area contributed by atoms with Crippen molar-refractivity contribution in [2.24, 2.45) is 20.0 Å². The summed E-state index contributed by atoms with van der Waals surface area (Å²) in [5, 5.41) is 4.41. The number of halogens is 1. The van der Waals surface area contributed by atoms with Gasteiger partial charge in [-0.1, -0.05) is 72.8 Å². The lowest BCUT2D eigenvalue weighted by molar-refractivity contribution is 0.481. The molecule has 0 spiro atoms. The number of fused-ring (bicyclic) bond motifs is 20. The number of H-pyrrole nitrogens is 4. The fourth-order valence-electron chi connectivity index (χ4n) is 6.26. The van der Waals surface area contributed by atoms with Gasteiger partial charge in [0.05, 0.1) is 5.39 Å². The molecule has 1 aliphatic rings. The quantitative estimate of drug-likeness (QED) is 0.126. The second kappa shape index (κ2) is 9.95. The van der Waals surface area contributed by atoms with Crippen LogP contribution in [0.4, 0.5) is 23.3 Å². The van der Waals surface area contributed by atoms with Crippen molar-refractivity contribution in [2.75, 3.05) is 0 Å². The molecule has 5 heterocycles. The van der Waals surface area contributed by atoms with Crippen molar-refractivity contribution in [1.29, 1.82) is 0 Å². The van der Waals surface area contributed by atoms with Gasteiger partial charge in [-0.3, -0.25) is 4.55 Å². The molecule has 16 heteroatoms. The third-order valence-corrected chi connectivity index (χ3v) is 10.7. The highest BCUT2D eigenvalue weighted by Gasteiger charge is 2.29. The summed E-state index contributed by atoms with van der Waals surface area (Å²) in [6.07, 6.45) is 0. The van der Waals surface area contributed by atoms with Gasteiger partial charge in [-0.2, -0.15) is 8.42 Å². The monoisotopic (exact) mass is 694 g/mol. The third kappa shape index (κ3) is 4.32. The molecule has 5 N–H and O–H groups in total. The summed E-state index contributed by atoms with van der Waals surface area (Å²) in [6, 6.07) is 24.9. The molecule has 4 aromatic carbocycles. The molecule has 236 valence electrons. The molecular formula is C32H19ClN8O5S2. The van der Waals surface area contributed by atoms with Crippen molar-refractivity contribution < 1.29 is 21.4 Å². The molecule has 0 fully saturated rings. The van der Waals surface area contributed by atoms with Gasteiger partial charge >= 0.3 is 0 Å². The van der Waals surface area contributed by atoms with Gasteiger partial charge in [-0.15, -0.1) is 0 Å². The molecule has 1 aliphatic heterocycles. The molecule has 0 amide bonds. The first-order valence-corrected chi connectivity index (χ1v) is 18.1. The molecule has 48 heavy (non-hydrogen) atoms. The number of benzene rings is 4. The van der Waals surface area contributed by atoms with Gasteiger partial charge in [0.1, 0.15) is 55.0 Å². The van der Waals surface area contributed by atoms with Crippen molar-refractivity contribution in [3.8, 4) is 0 Å². The van der Waals surface area contributed by atoms with Gasteiger partial charge in [-0.05, 0) is 12.1 Å². The number of nitrogens with one attached hydrogen (secondary N) is 4. The molecule has 9 rings (SSSR count). The zero-order valence-corrected chi connectivity index (χ0v) is 26.5. The van der Waals surface area contributed by atoms with Crippen LogP contribution >= 0.6 is 10.7 Å². The van der Waals surface area contributed by atoms with Crippen LogP contribution in [-0.4, -0.2) is 41.3 Å². The first kappa shape index (κ1) is 28.6. The number of hydrogen-bond acceptors (Lipinski definition) is 8. The Kier molecular flexibility index (Phi) is 5.93. The SMILES string of the molecule is O=S(=O)(O)c1c(S(=O)(=O)Cl)ccc2c3[nH]c(c12)=Nc1[nH]c(c2ccccc12)N=c1[nH]c(c2ccccc12)=Nc1[nH]c(c2ccccc12)N=3. The predicted molar refractivity (Wildman–Crippen MR) is 179 cm³/mol. The number of nitrogens with zero attached hydrogens (tertiary/aromatic N) is 4. The highest BCUT2D eigenvalue weighted by Crippen LogP contribution is 2.36. The van der Waals surface area contributed by atoms with Gasteiger partial charge in [0, 0.05) is 48.4 Å². The van der Waals surface area contributed by atoms with Gasteiger partial charge in [-0.25, -0.2) is 28.4 Å². The van der Waals surface area contributed by atoms with Crippen LogP contribution in [-0.2, 0) is 19.2 Å². The fourth-order valence-corrected chi connectivity index (χ4v) is 8.77. The van der Waals surface area contributed by atoms with Crippen molar-refractivity contribution in [3.63, 3.8) is 0 Å². The van der Waals surface area contributed by atoms with Crippen molar-refractivity contribution in [3.05, 3.63) is 107 Å². The summed E-state index contributed by atoms with van der Waals surface area (Å²) in [6.45, 7) is 0. The van der Waals surface area contributed by atoms with Crippen molar-refractivity contribution in [1.82, 2.24) is 19.9 Å². The van der Waals surface area contributed by atoms with E-state index in [1.54, 1.807) is 0 Å². The minimum Gasteiger partial charge on any atom is -0.324 e. The molecule has 13 nitrogen and oxygen atoms in total. The zero-order chi connectivity index (χ0) is 32.9. The normalized spacial score (nSPS) is 13.4. The Hall–Kier alpha value is -5.61. The average molecular weight is 695 g/mol. The fraction of sp³-hybridized carbons (Fsp3) is 0. The van der Waals surface area contributed by atoms with E-state index >= 15 is 0 Å². The van der Waals surface area contributed by atoms with E-state index in [9.17, 15) is 21.4 Å². The lowest BCUT2D eigenvalue weighted by atomic mass is 10.2. The number of aromatic amines is 4. The maximum absolute atomic E-state index is 12.9. The number of hydrogen-bond donors (Lipinski definition) is 5. The molecule has 0 saturated heterocycles. The largest absolute Gasteiger partial charge is 0.324 e. The van der Waals surface area contributed by atoms with Gasteiger partial charge in [0.2, 0.25) is 0 Å². The summed E-state index contributed by atoms with van der Waals surface area (Å²) in [7, 11) is -4.14. The Morgan fingerprint density at radius 3 is 1.27 bits per heavy atom. The van der Waals surface area contributed by atoms with Crippen LogP contribution < -0.4 is 22.0 Å². The van der Waals surface area contributed by atoms with E-state index in [0.717, 1.165) is 22.2 Å². The maximum Gasteiger partial charge on any atom is 0.296 e. The summed E-state index contributed by atoms with van der Waals surface area (Å²) in [4.78, 5) is 30.7. The highest BCUT2D eigenvalue weighted by molar-refractivity contribution is 8.14. The second-order valence-electron chi connectivity index (χ2n) is 11.1. The van der Waals surface area contributed by atoms with E-state index in [1.165, 1.54) is 6.07 Å². The van der Waals surface area contributed by atoms with E-state index in [1.807, 2.05) is 72.8 Å². The topological polar surface area (TPSA) is 201 Å². The lowest BCUT2D eigenvalue weighted by Crippen LogP contribution is -2.12. The molecular weight excluding hydrogens is 676 g/mol. The van der Waals surface area contributed by atoms with Crippen molar-refractivity contribution >= 4 is 96.2 Å². The minimum atomic E-state index is -5.18. The Morgan fingerprint density at radius 1 is 0.479 bits per heavy atom. The van der Waals surface area contributed by atoms with E-state index in [-0.39, 0.29) is 27.6 Å². The van der Waals surface area contributed by atoms with E-state index < -0.39 is 29.0 Å². The van der Waals surface area contributed by atoms with Gasteiger partial charge < -0.3 is 19.9 Å². The average Bonchev–Trinajstić information content (AvgIpc) is 3.79. The van der Waals surface area contributed by atoms with Crippen LogP contribution in [0.2, 0.25) is 0 Å². The molecule has 0 radical (unpaired) electrons. The van der Waals surface area contributed by atoms with Gasteiger partial charge in [0.25, 0.3) is 19.2 Å². The standard InChI is InChI=1S/C32H19ClN8O5S2/c33-47(42,43)22-14-13-21-23(24(22)48(44,45)46)32-40-30-20-12-6-5-11-19(20)28(38-30)36-26-16-8-2-1-7-15(16)25(34-26)35-27-17-9-3-4-10-18(17)29(37-27)39-31(21)41-32/h1-14H,(H,44,45,46)(H4,34,35,36,37,38,39,40,41). The van der Waals surface area contributed by atoms with Crippen LogP contribution in [0.25, 0.3) is 43.1 Å². The molecule has 8 bridgehead atoms. The molecule has 0 unspecified atom stereocenters. The maximum atomic E-state index is 12.9. The smallest absolute Gasteiger partial charge is 0.296 e. The Morgan fingerprint density at radius 2 is 0.854 bits per heavy atom. The molecule has 0 atom stereocenters. The Labute approximate surface area is 273 Å². The minimum absolute atomic E-state index is 0.0995. The van der Waals surface area contributed by atoms with E-state index in [4.69, 9.17) is 30.7 Å². The molecule has 8 aromatic rings. The Balaban J connectivity index is 1.54. The van der Waals surface area contributed by atoms with Crippen LogP contribution in [0.5, 0.6) is 0 Å². The predicted octanol–water partition coefficient (Wildman–Crippen LogP) is 4.90. The van der Waals surface area contributed by atoms with Crippen LogP contribution in [0.3, 0.4) is 0 Å². The first-order valence-electron chi connectivity index (χ1n) is 14.3. The zero-order valence-electron chi connectivity index (χ0n) is 24.1. The van der Waals surface area contributed by atoms with Crippen LogP contribution in [0.1, 0.15) is 0 Å². The molecule has 4 aromatic heterocycles. The number of rotatable bonds is 2. The summed E-state index contributed by atoms with van der Waals surface area (Å²) in [5.41, 5.74) is 1.13. The highest BCUT2D eigenvalue weighted by atomic mass is 35.7. The lowest BCUT2D eigenvalue weighted by Gasteiger charge is -2.05. The second-order valence-corrected chi connectivity index (χ2v) is 15.0. The third-order valence-electron chi connectivity index (χ3n) is 8.29. The summed E-state index contributed by atoms with van der Waals surface area (Å²) >= 11 is 0. The molecule has 0 saturated carbocycles. The summed E-state index contributed by atoms with van der Waals surface area (Å²) in [5.74, 6) is 1.60. The van der Waals surface area contributed by atoms with E-state index in [2.05, 4.69) is 19.9 Å². The Bertz CT molecular complexity index is 3190. The van der Waals surface area contributed by atoms with Crippen molar-refractivity contribution in [2.45, 2.75) is 9.79 Å². The number of aromatic nitrogens is 4. The summed E-state index contributed by atoms with van der Waals surface area (Å²) < 4.78 is 61.3. The first-order chi connectivity index (χ1) is 23.0. The van der Waals surface area contributed by atoms with Gasteiger partial charge in [0.15, 0.2) is 0 Å². The molecule has 0 aliphatic carbocycles. The van der Waals surface area contributed by atoms with Crippen LogP contribution in [0.15, 0.2) is 115 Å².